The molecule has 8 heteroatoms. The van der Waals surface area contributed by atoms with Crippen molar-refractivity contribution in [3.63, 3.8) is 0 Å². The normalized spacial score (nSPS) is 15.0. The summed E-state index contributed by atoms with van der Waals surface area (Å²) in [6.07, 6.45) is 6.43. The minimum absolute atomic E-state index is 0.0159. The number of phenolic OH excluding ortho intramolecular Hbond substituents is 1. The minimum Gasteiger partial charge on any atom is -0.506 e. The zero-order valence-corrected chi connectivity index (χ0v) is 16.7. The van der Waals surface area contributed by atoms with Gasteiger partial charge in [0.25, 0.3) is 5.89 Å². The van der Waals surface area contributed by atoms with Crippen LogP contribution in [0.3, 0.4) is 0 Å². The van der Waals surface area contributed by atoms with E-state index in [-0.39, 0.29) is 22.1 Å². The molecule has 150 valence electrons. The smallest absolute Gasteiger partial charge is 0.258 e. The van der Waals surface area contributed by atoms with Gasteiger partial charge in [-0.15, -0.1) is 0 Å². The van der Waals surface area contributed by atoms with Gasteiger partial charge >= 0.3 is 0 Å². The second kappa shape index (κ2) is 7.11. The lowest BCUT2D eigenvalue weighted by Gasteiger charge is -2.39. The fourth-order valence-electron chi connectivity index (χ4n) is 3.82. The van der Waals surface area contributed by atoms with E-state index in [1.54, 1.807) is 24.5 Å². The first-order valence-electron chi connectivity index (χ1n) is 9.57. The Morgan fingerprint density at radius 1 is 0.967 bits per heavy atom. The zero-order chi connectivity index (χ0) is 20.7. The fraction of sp³-hybridized carbons (Fsp3) is 0.182. The number of phenols is 1. The second-order valence-electron chi connectivity index (χ2n) is 7.43. The molecule has 0 bridgehead atoms. The zero-order valence-electron chi connectivity index (χ0n) is 15.9. The highest BCUT2D eigenvalue weighted by atomic mass is 35.5. The van der Waals surface area contributed by atoms with E-state index in [9.17, 15) is 5.11 Å². The first-order chi connectivity index (χ1) is 14.5. The SMILES string of the molecule is Nc1ncc(-c2ccc(C3(c4noc(-c5ccc(O)c(Cl)c5)n4)CCC3)cc2)cn1. The molecule has 2 aromatic heterocycles. The molecule has 30 heavy (non-hydrogen) atoms. The summed E-state index contributed by atoms with van der Waals surface area (Å²) in [7, 11) is 0. The van der Waals surface area contributed by atoms with Crippen molar-refractivity contribution in [3.05, 3.63) is 71.3 Å². The van der Waals surface area contributed by atoms with Gasteiger partial charge in [0.2, 0.25) is 5.95 Å². The number of aromatic hydroxyl groups is 1. The fourth-order valence-corrected chi connectivity index (χ4v) is 4.00. The third-order valence-corrected chi connectivity index (χ3v) is 6.00. The Balaban J connectivity index is 1.46. The summed E-state index contributed by atoms with van der Waals surface area (Å²) in [5, 5.41) is 14.1. The molecule has 0 unspecified atom stereocenters. The molecule has 1 aliphatic rings. The highest BCUT2D eigenvalue weighted by Gasteiger charge is 2.44. The number of nitrogens with two attached hydrogens (primary N) is 1. The maximum absolute atomic E-state index is 9.63. The van der Waals surface area contributed by atoms with Gasteiger partial charge in [0.05, 0.1) is 10.4 Å². The van der Waals surface area contributed by atoms with E-state index in [1.165, 1.54) is 6.07 Å². The molecule has 5 rings (SSSR count). The number of nitrogens with zero attached hydrogens (tertiary/aromatic N) is 4. The molecule has 1 saturated carbocycles. The highest BCUT2D eigenvalue weighted by molar-refractivity contribution is 6.32. The summed E-state index contributed by atoms with van der Waals surface area (Å²) < 4.78 is 5.52. The molecular weight excluding hydrogens is 402 g/mol. The molecule has 0 amide bonds. The topological polar surface area (TPSA) is 111 Å². The molecule has 1 aliphatic carbocycles. The number of hydrogen-bond donors (Lipinski definition) is 2. The number of aromatic nitrogens is 4. The van der Waals surface area contributed by atoms with Gasteiger partial charge in [0, 0.05) is 23.5 Å². The summed E-state index contributed by atoms with van der Waals surface area (Å²) in [6.45, 7) is 0. The average molecular weight is 420 g/mol. The van der Waals surface area contributed by atoms with Crippen LogP contribution in [0.4, 0.5) is 5.95 Å². The van der Waals surface area contributed by atoms with E-state index in [4.69, 9.17) is 21.9 Å². The van der Waals surface area contributed by atoms with Crippen LogP contribution in [0.1, 0.15) is 30.7 Å². The summed E-state index contributed by atoms with van der Waals surface area (Å²) in [6, 6.07) is 13.1. The Morgan fingerprint density at radius 2 is 1.67 bits per heavy atom. The van der Waals surface area contributed by atoms with E-state index in [2.05, 4.69) is 32.2 Å². The Labute approximate surface area is 177 Å². The minimum atomic E-state index is -0.265. The predicted molar refractivity (Wildman–Crippen MR) is 113 cm³/mol. The van der Waals surface area contributed by atoms with E-state index in [0.29, 0.717) is 17.3 Å². The van der Waals surface area contributed by atoms with E-state index in [1.807, 2.05) is 12.1 Å². The van der Waals surface area contributed by atoms with Crippen LogP contribution in [0.2, 0.25) is 5.02 Å². The van der Waals surface area contributed by atoms with Gasteiger partial charge in [-0.2, -0.15) is 4.98 Å². The van der Waals surface area contributed by atoms with Crippen molar-refractivity contribution in [2.75, 3.05) is 5.73 Å². The standard InChI is InChI=1S/C22H18ClN5O2/c23-17-10-14(4-7-18(17)29)19-27-20(28-30-19)22(8-1-9-22)16-5-2-13(3-6-16)15-11-25-21(24)26-12-15/h2-7,10-12,29H,1,8-9H2,(H2,24,25,26). The summed E-state index contributed by atoms with van der Waals surface area (Å²) >= 11 is 6.01. The van der Waals surface area contributed by atoms with Crippen LogP contribution in [0, 0.1) is 0 Å². The highest BCUT2D eigenvalue weighted by Crippen LogP contribution is 2.48. The van der Waals surface area contributed by atoms with Crippen molar-refractivity contribution in [1.29, 1.82) is 0 Å². The van der Waals surface area contributed by atoms with Crippen LogP contribution in [0.25, 0.3) is 22.6 Å². The lowest BCUT2D eigenvalue weighted by atomic mass is 9.64. The average Bonchev–Trinajstić information content (AvgIpc) is 3.21. The third kappa shape index (κ3) is 3.07. The van der Waals surface area contributed by atoms with Gasteiger partial charge in [-0.3, -0.25) is 0 Å². The Hall–Kier alpha value is -3.45. The number of halogens is 1. The molecule has 4 aromatic rings. The Morgan fingerprint density at radius 3 is 2.30 bits per heavy atom. The largest absolute Gasteiger partial charge is 0.506 e. The van der Waals surface area contributed by atoms with Crippen molar-refractivity contribution >= 4 is 17.5 Å². The van der Waals surface area contributed by atoms with Crippen LogP contribution < -0.4 is 5.73 Å². The molecule has 2 aromatic carbocycles. The maximum atomic E-state index is 9.63. The number of rotatable bonds is 4. The molecule has 3 N–H and O–H groups in total. The van der Waals surface area contributed by atoms with Gasteiger partial charge < -0.3 is 15.4 Å². The molecule has 0 atom stereocenters. The van der Waals surface area contributed by atoms with Gasteiger partial charge in [-0.05, 0) is 42.2 Å². The molecule has 7 nitrogen and oxygen atoms in total. The van der Waals surface area contributed by atoms with E-state index in [0.717, 1.165) is 36.0 Å². The van der Waals surface area contributed by atoms with Crippen LogP contribution in [0.15, 0.2) is 59.4 Å². The van der Waals surface area contributed by atoms with Gasteiger partial charge in [0.15, 0.2) is 5.82 Å². The quantitative estimate of drug-likeness (QED) is 0.497. The van der Waals surface area contributed by atoms with Gasteiger partial charge in [-0.1, -0.05) is 47.4 Å². The monoisotopic (exact) mass is 419 g/mol. The van der Waals surface area contributed by atoms with Gasteiger partial charge in [0.1, 0.15) is 5.75 Å². The molecular formula is C22H18ClN5O2. The summed E-state index contributed by atoms with van der Waals surface area (Å²) in [5.74, 6) is 1.32. The van der Waals surface area contributed by atoms with Gasteiger partial charge in [-0.25, -0.2) is 9.97 Å². The van der Waals surface area contributed by atoms with Crippen molar-refractivity contribution in [3.8, 4) is 28.3 Å². The first kappa shape index (κ1) is 18.6. The lowest BCUT2D eigenvalue weighted by Crippen LogP contribution is -2.36. The van der Waals surface area contributed by atoms with Crippen LogP contribution in [-0.4, -0.2) is 25.2 Å². The van der Waals surface area contributed by atoms with E-state index >= 15 is 0 Å². The Kier molecular flexibility index (Phi) is 4.40. The number of anilines is 1. The lowest BCUT2D eigenvalue weighted by molar-refractivity contribution is 0.273. The maximum Gasteiger partial charge on any atom is 0.258 e. The number of hydrogen-bond acceptors (Lipinski definition) is 7. The van der Waals surface area contributed by atoms with Crippen molar-refractivity contribution in [2.45, 2.75) is 24.7 Å². The molecule has 0 aliphatic heterocycles. The summed E-state index contributed by atoms with van der Waals surface area (Å²) in [4.78, 5) is 12.8. The molecule has 0 radical (unpaired) electrons. The van der Waals surface area contributed by atoms with Crippen molar-refractivity contribution < 1.29 is 9.63 Å². The Bertz CT molecular complexity index is 1200. The molecule has 1 fully saturated rings. The number of benzene rings is 2. The summed E-state index contributed by atoms with van der Waals surface area (Å²) in [5.41, 5.74) is 9.04. The predicted octanol–water partition coefficient (Wildman–Crippen LogP) is 4.60. The van der Waals surface area contributed by atoms with Crippen LogP contribution in [0.5, 0.6) is 5.75 Å². The third-order valence-electron chi connectivity index (χ3n) is 5.70. The number of nitrogen functional groups attached to an aromatic ring is 1. The van der Waals surface area contributed by atoms with Crippen molar-refractivity contribution in [1.82, 2.24) is 20.1 Å². The molecule has 0 saturated heterocycles. The second-order valence-corrected chi connectivity index (χ2v) is 7.84. The molecule has 0 spiro atoms. The van der Waals surface area contributed by atoms with E-state index < -0.39 is 0 Å². The first-order valence-corrected chi connectivity index (χ1v) is 9.94. The van der Waals surface area contributed by atoms with Crippen molar-refractivity contribution in [2.24, 2.45) is 0 Å². The van der Waals surface area contributed by atoms with Crippen LogP contribution >= 0.6 is 11.6 Å². The molecule has 2 heterocycles. The van der Waals surface area contributed by atoms with Crippen LogP contribution in [-0.2, 0) is 5.41 Å².